The highest BCUT2D eigenvalue weighted by atomic mass is 16.3. The summed E-state index contributed by atoms with van der Waals surface area (Å²) in [7, 11) is 0. The summed E-state index contributed by atoms with van der Waals surface area (Å²) in [6, 6.07) is 8.71. The Hall–Kier alpha value is -1.59. The second-order valence-electron chi connectivity index (χ2n) is 6.88. The Morgan fingerprint density at radius 3 is 2.42 bits per heavy atom. The van der Waals surface area contributed by atoms with Crippen molar-refractivity contribution < 1.29 is 9.90 Å². The Bertz CT molecular complexity index is 498. The first-order chi connectivity index (χ1) is 11.6. The monoisotopic (exact) mass is 333 g/mol. The van der Waals surface area contributed by atoms with Crippen molar-refractivity contribution in [1.82, 2.24) is 15.5 Å². The Morgan fingerprint density at radius 2 is 1.79 bits per heavy atom. The number of urea groups is 1. The lowest BCUT2D eigenvalue weighted by Crippen LogP contribution is -2.42. The smallest absolute Gasteiger partial charge is 0.314 e. The first-order valence-corrected chi connectivity index (χ1v) is 9.03. The third-order valence-electron chi connectivity index (χ3n) is 4.73. The van der Waals surface area contributed by atoms with Crippen LogP contribution in [-0.2, 0) is 0 Å². The Morgan fingerprint density at radius 1 is 1.17 bits per heavy atom. The number of benzene rings is 1. The molecule has 5 nitrogen and oxygen atoms in total. The maximum atomic E-state index is 12.1. The number of amides is 2. The lowest BCUT2D eigenvalue weighted by Gasteiger charge is -2.28. The maximum Gasteiger partial charge on any atom is 0.314 e. The van der Waals surface area contributed by atoms with Crippen molar-refractivity contribution >= 4 is 6.03 Å². The second-order valence-corrected chi connectivity index (χ2v) is 6.88. The fraction of sp³-hybridized carbons (Fsp3) is 0.632. The molecular weight excluding hydrogens is 302 g/mol. The van der Waals surface area contributed by atoms with Crippen LogP contribution in [0.4, 0.5) is 4.79 Å². The Balaban J connectivity index is 1.88. The molecule has 0 aromatic heterocycles. The van der Waals surface area contributed by atoms with Crippen LogP contribution in [0, 0.1) is 12.8 Å². The fourth-order valence-corrected chi connectivity index (χ4v) is 3.14. The molecule has 1 aliphatic heterocycles. The van der Waals surface area contributed by atoms with E-state index in [4.69, 9.17) is 5.11 Å². The molecule has 1 heterocycles. The van der Waals surface area contributed by atoms with Crippen LogP contribution in [0.5, 0.6) is 0 Å². The van der Waals surface area contributed by atoms with E-state index in [0.717, 1.165) is 13.1 Å². The van der Waals surface area contributed by atoms with E-state index in [9.17, 15) is 4.79 Å². The molecule has 0 bridgehead atoms. The van der Waals surface area contributed by atoms with E-state index in [1.807, 2.05) is 6.92 Å². The summed E-state index contributed by atoms with van der Waals surface area (Å²) in [6.45, 7) is 7.66. The molecule has 1 fully saturated rings. The molecule has 134 valence electrons. The number of carbonyl (C=O) groups is 1. The van der Waals surface area contributed by atoms with Crippen LogP contribution in [0.15, 0.2) is 24.3 Å². The molecule has 24 heavy (non-hydrogen) atoms. The van der Waals surface area contributed by atoms with Crippen molar-refractivity contribution in [2.45, 2.75) is 39.2 Å². The third kappa shape index (κ3) is 5.80. The highest BCUT2D eigenvalue weighted by Crippen LogP contribution is 2.24. The van der Waals surface area contributed by atoms with Crippen molar-refractivity contribution in [2.24, 2.45) is 5.92 Å². The predicted octanol–water partition coefficient (Wildman–Crippen LogP) is 2.45. The number of rotatable bonds is 8. The normalized spacial score (nSPS) is 17.5. The van der Waals surface area contributed by atoms with Gasteiger partial charge in [-0.05, 0) is 50.8 Å². The van der Waals surface area contributed by atoms with Gasteiger partial charge in [0.2, 0.25) is 0 Å². The number of nitrogens with one attached hydrogen (secondary N) is 2. The number of nitrogens with zero attached hydrogens (tertiary/aromatic N) is 1. The minimum absolute atomic E-state index is 0.129. The van der Waals surface area contributed by atoms with Gasteiger partial charge in [0.1, 0.15) is 0 Å². The van der Waals surface area contributed by atoms with Gasteiger partial charge in [0.05, 0.1) is 6.04 Å². The highest BCUT2D eigenvalue weighted by molar-refractivity contribution is 5.73. The minimum atomic E-state index is -0.129. The molecule has 3 N–H and O–H groups in total. The zero-order chi connectivity index (χ0) is 17.4. The summed E-state index contributed by atoms with van der Waals surface area (Å²) in [5.74, 6) is 0.284. The van der Waals surface area contributed by atoms with E-state index >= 15 is 0 Å². The summed E-state index contributed by atoms with van der Waals surface area (Å²) in [5.41, 5.74) is 2.51. The van der Waals surface area contributed by atoms with Crippen molar-refractivity contribution in [3.05, 3.63) is 35.4 Å². The Kier molecular flexibility index (Phi) is 7.53. The molecule has 1 aromatic rings. The van der Waals surface area contributed by atoms with Gasteiger partial charge >= 0.3 is 6.03 Å². The summed E-state index contributed by atoms with van der Waals surface area (Å²) in [6.07, 6.45) is 3.17. The summed E-state index contributed by atoms with van der Waals surface area (Å²) in [4.78, 5) is 14.5. The molecule has 2 amide bonds. The largest absolute Gasteiger partial charge is 0.396 e. The van der Waals surface area contributed by atoms with E-state index in [1.54, 1.807) is 0 Å². The van der Waals surface area contributed by atoms with E-state index < -0.39 is 0 Å². The lowest BCUT2D eigenvalue weighted by atomic mass is 10.0. The van der Waals surface area contributed by atoms with Crippen molar-refractivity contribution in [1.29, 1.82) is 0 Å². The second kappa shape index (κ2) is 9.64. The van der Waals surface area contributed by atoms with Gasteiger partial charge in [-0.3, -0.25) is 4.90 Å². The van der Waals surface area contributed by atoms with Crippen molar-refractivity contribution in [2.75, 3.05) is 32.8 Å². The third-order valence-corrected chi connectivity index (χ3v) is 4.73. The van der Waals surface area contributed by atoms with Crippen molar-refractivity contribution in [3.63, 3.8) is 0 Å². The van der Waals surface area contributed by atoms with E-state index in [2.05, 4.69) is 46.7 Å². The summed E-state index contributed by atoms with van der Waals surface area (Å²) < 4.78 is 0. The fourth-order valence-electron chi connectivity index (χ4n) is 3.14. The number of likely N-dealkylation sites (tertiary alicyclic amines) is 1. The minimum Gasteiger partial charge on any atom is -0.396 e. The van der Waals surface area contributed by atoms with Crippen LogP contribution in [0.3, 0.4) is 0 Å². The average molecular weight is 333 g/mol. The Labute approximate surface area is 145 Å². The number of aliphatic hydroxyl groups excluding tert-OH is 1. The molecule has 1 saturated heterocycles. The zero-order valence-electron chi connectivity index (χ0n) is 14.9. The van der Waals surface area contributed by atoms with Gasteiger partial charge in [0.15, 0.2) is 0 Å². The first-order valence-electron chi connectivity index (χ1n) is 9.03. The molecule has 1 aromatic carbocycles. The topological polar surface area (TPSA) is 64.6 Å². The molecule has 2 atom stereocenters. The van der Waals surface area contributed by atoms with Crippen LogP contribution in [0.1, 0.15) is 43.4 Å². The first kappa shape index (κ1) is 18.7. The zero-order valence-corrected chi connectivity index (χ0v) is 14.9. The standard InChI is InChI=1S/C19H31N3O2/c1-15-5-7-17(8-6-15)18(22-10-3-4-11-22)14-21-19(24)20-13-16(2)9-12-23/h5-8,16,18,23H,3-4,9-14H2,1-2H3,(H2,20,21,24). The molecule has 0 aliphatic carbocycles. The van der Waals surface area contributed by atoms with Gasteiger partial charge in [-0.2, -0.15) is 0 Å². The lowest BCUT2D eigenvalue weighted by molar-refractivity contribution is 0.217. The van der Waals surface area contributed by atoms with Gasteiger partial charge in [-0.25, -0.2) is 4.79 Å². The molecule has 0 saturated carbocycles. The van der Waals surface area contributed by atoms with Gasteiger partial charge in [0, 0.05) is 19.7 Å². The molecule has 0 spiro atoms. The van der Waals surface area contributed by atoms with Gasteiger partial charge in [-0.1, -0.05) is 36.8 Å². The molecule has 0 radical (unpaired) electrons. The quantitative estimate of drug-likeness (QED) is 0.685. The van der Waals surface area contributed by atoms with Crippen LogP contribution in [0.2, 0.25) is 0 Å². The highest BCUT2D eigenvalue weighted by Gasteiger charge is 2.23. The summed E-state index contributed by atoms with van der Waals surface area (Å²) >= 11 is 0. The van der Waals surface area contributed by atoms with Gasteiger partial charge < -0.3 is 15.7 Å². The predicted molar refractivity (Wildman–Crippen MR) is 97.0 cm³/mol. The molecule has 5 heteroatoms. The van der Waals surface area contributed by atoms with Crippen LogP contribution >= 0.6 is 0 Å². The number of hydrogen-bond donors (Lipinski definition) is 3. The van der Waals surface area contributed by atoms with Crippen LogP contribution < -0.4 is 10.6 Å². The van der Waals surface area contributed by atoms with Crippen LogP contribution in [-0.4, -0.2) is 48.8 Å². The van der Waals surface area contributed by atoms with Gasteiger partial charge in [-0.15, -0.1) is 0 Å². The molecular formula is C19H31N3O2. The van der Waals surface area contributed by atoms with E-state index in [-0.39, 0.29) is 24.6 Å². The number of aryl methyl sites for hydroxylation is 1. The van der Waals surface area contributed by atoms with Crippen LogP contribution in [0.25, 0.3) is 0 Å². The maximum absolute atomic E-state index is 12.1. The SMILES string of the molecule is Cc1ccc(C(CNC(=O)NCC(C)CCO)N2CCCC2)cc1. The molecule has 2 unspecified atom stereocenters. The number of aliphatic hydroxyl groups is 1. The van der Waals surface area contributed by atoms with Gasteiger partial charge in [0.25, 0.3) is 0 Å². The number of carbonyl (C=O) groups excluding carboxylic acids is 1. The van der Waals surface area contributed by atoms with E-state index in [1.165, 1.54) is 24.0 Å². The van der Waals surface area contributed by atoms with Crippen molar-refractivity contribution in [3.8, 4) is 0 Å². The summed E-state index contributed by atoms with van der Waals surface area (Å²) in [5, 5.41) is 14.8. The van der Waals surface area contributed by atoms with E-state index in [0.29, 0.717) is 19.5 Å². The number of hydrogen-bond acceptors (Lipinski definition) is 3. The molecule has 1 aliphatic rings. The average Bonchev–Trinajstić information content (AvgIpc) is 3.09. The molecule has 2 rings (SSSR count).